The molecule has 15 heavy (non-hydrogen) atoms. The third-order valence-electron chi connectivity index (χ3n) is 1.95. The van der Waals surface area contributed by atoms with E-state index in [0.717, 1.165) is 11.3 Å². The molecule has 1 heterocycles. The number of thiophene rings is 1. The molecule has 0 amide bonds. The minimum Gasteiger partial charge on any atom is -0.320 e. The van der Waals surface area contributed by atoms with Crippen molar-refractivity contribution < 1.29 is 0 Å². The molecule has 1 aromatic rings. The van der Waals surface area contributed by atoms with E-state index in [1.165, 1.54) is 23.5 Å². The minimum atomic E-state index is 0.443. The zero-order valence-corrected chi connectivity index (χ0v) is 10.7. The third-order valence-corrected chi connectivity index (χ3v) is 4.12. The monoisotopic (exact) mass is 239 g/mol. The summed E-state index contributed by atoms with van der Waals surface area (Å²) in [5.74, 6) is 8.36. The SMILES string of the molecule is CCCCSCc1sccc1C#CCN. The van der Waals surface area contributed by atoms with Crippen molar-refractivity contribution in [2.24, 2.45) is 5.73 Å². The predicted molar refractivity (Wildman–Crippen MR) is 71.3 cm³/mol. The lowest BCUT2D eigenvalue weighted by Gasteiger charge is -1.98. The fraction of sp³-hybridized carbons (Fsp3) is 0.500. The molecule has 0 aliphatic heterocycles. The maximum absolute atomic E-state index is 5.36. The molecule has 0 fully saturated rings. The van der Waals surface area contributed by atoms with E-state index in [1.54, 1.807) is 11.3 Å². The van der Waals surface area contributed by atoms with Crippen molar-refractivity contribution >= 4 is 23.1 Å². The Labute approximate surface area is 100 Å². The Kier molecular flexibility index (Phi) is 6.58. The van der Waals surface area contributed by atoms with E-state index < -0.39 is 0 Å². The van der Waals surface area contributed by atoms with Crippen molar-refractivity contribution in [3.8, 4) is 11.8 Å². The van der Waals surface area contributed by atoms with Crippen LogP contribution in [0.3, 0.4) is 0 Å². The summed E-state index contributed by atoms with van der Waals surface area (Å²) in [7, 11) is 0. The van der Waals surface area contributed by atoms with Crippen LogP contribution in [0.2, 0.25) is 0 Å². The first-order chi connectivity index (χ1) is 7.38. The largest absolute Gasteiger partial charge is 0.320 e. The lowest BCUT2D eigenvalue weighted by molar-refractivity contribution is 0.896. The van der Waals surface area contributed by atoms with Gasteiger partial charge in [-0.1, -0.05) is 25.2 Å². The number of thioether (sulfide) groups is 1. The number of nitrogens with two attached hydrogens (primary N) is 1. The fourth-order valence-corrected chi connectivity index (χ4v) is 3.24. The molecule has 1 aromatic heterocycles. The van der Waals surface area contributed by atoms with Gasteiger partial charge in [0.1, 0.15) is 0 Å². The number of unbranched alkanes of at least 4 members (excludes halogenated alkanes) is 1. The molecule has 0 saturated carbocycles. The van der Waals surface area contributed by atoms with Gasteiger partial charge in [0.15, 0.2) is 0 Å². The second-order valence-corrected chi connectivity index (χ2v) is 5.28. The molecule has 0 aromatic carbocycles. The van der Waals surface area contributed by atoms with Crippen molar-refractivity contribution in [1.29, 1.82) is 0 Å². The van der Waals surface area contributed by atoms with E-state index >= 15 is 0 Å². The summed E-state index contributed by atoms with van der Waals surface area (Å²) >= 11 is 3.79. The highest BCUT2D eigenvalue weighted by atomic mass is 32.2. The molecule has 0 bridgehead atoms. The average Bonchev–Trinajstić information content (AvgIpc) is 2.69. The first kappa shape index (κ1) is 12.6. The van der Waals surface area contributed by atoms with Crippen molar-refractivity contribution in [1.82, 2.24) is 0 Å². The highest BCUT2D eigenvalue weighted by Gasteiger charge is 2.01. The third kappa shape index (κ3) is 4.74. The number of hydrogen-bond donors (Lipinski definition) is 1. The van der Waals surface area contributed by atoms with Gasteiger partial charge in [-0.2, -0.15) is 11.8 Å². The van der Waals surface area contributed by atoms with E-state index in [-0.39, 0.29) is 0 Å². The van der Waals surface area contributed by atoms with Gasteiger partial charge in [0.25, 0.3) is 0 Å². The molecule has 82 valence electrons. The van der Waals surface area contributed by atoms with Gasteiger partial charge in [-0.15, -0.1) is 11.3 Å². The Morgan fingerprint density at radius 3 is 3.13 bits per heavy atom. The molecule has 1 rings (SSSR count). The highest BCUT2D eigenvalue weighted by molar-refractivity contribution is 7.98. The van der Waals surface area contributed by atoms with Crippen LogP contribution in [0.5, 0.6) is 0 Å². The highest BCUT2D eigenvalue weighted by Crippen LogP contribution is 2.22. The van der Waals surface area contributed by atoms with E-state index in [1.807, 2.05) is 11.8 Å². The van der Waals surface area contributed by atoms with Crippen LogP contribution in [0.25, 0.3) is 0 Å². The summed E-state index contributed by atoms with van der Waals surface area (Å²) in [6.45, 7) is 2.67. The smallest absolute Gasteiger partial charge is 0.0555 e. The molecular weight excluding hydrogens is 222 g/mol. The van der Waals surface area contributed by atoms with Gasteiger partial charge in [-0.25, -0.2) is 0 Å². The van der Waals surface area contributed by atoms with Crippen LogP contribution in [-0.2, 0) is 5.75 Å². The molecule has 0 saturated heterocycles. The van der Waals surface area contributed by atoms with Crippen molar-refractivity contribution in [2.45, 2.75) is 25.5 Å². The summed E-state index contributed by atoms with van der Waals surface area (Å²) in [5.41, 5.74) is 6.52. The van der Waals surface area contributed by atoms with Gasteiger partial charge in [-0.3, -0.25) is 0 Å². The second kappa shape index (κ2) is 7.81. The Balaban J connectivity index is 2.43. The molecular formula is C12H17NS2. The van der Waals surface area contributed by atoms with Crippen LogP contribution >= 0.6 is 23.1 Å². The van der Waals surface area contributed by atoms with Gasteiger partial charge in [-0.05, 0) is 23.6 Å². The standard InChI is InChI=1S/C12H17NS2/c1-2-3-8-14-10-12-11(5-4-7-13)6-9-15-12/h6,9H,2-3,7-8,10,13H2,1H3. The zero-order valence-electron chi connectivity index (χ0n) is 9.08. The van der Waals surface area contributed by atoms with Gasteiger partial charge in [0.05, 0.1) is 6.54 Å². The average molecular weight is 239 g/mol. The molecule has 0 aliphatic rings. The summed E-state index contributed by atoms with van der Waals surface area (Å²) in [6, 6.07) is 2.09. The summed E-state index contributed by atoms with van der Waals surface area (Å²) in [4.78, 5) is 1.39. The van der Waals surface area contributed by atoms with Gasteiger partial charge in [0.2, 0.25) is 0 Å². The van der Waals surface area contributed by atoms with E-state index in [9.17, 15) is 0 Å². The summed E-state index contributed by atoms with van der Waals surface area (Å²) < 4.78 is 0. The molecule has 0 aliphatic carbocycles. The van der Waals surface area contributed by atoms with Gasteiger partial charge in [0, 0.05) is 16.2 Å². The van der Waals surface area contributed by atoms with Crippen LogP contribution in [0.15, 0.2) is 11.4 Å². The first-order valence-corrected chi connectivity index (χ1v) is 7.25. The van der Waals surface area contributed by atoms with Crippen LogP contribution in [0.4, 0.5) is 0 Å². The predicted octanol–water partition coefficient (Wildman–Crippen LogP) is 3.09. The second-order valence-electron chi connectivity index (χ2n) is 3.17. The minimum absolute atomic E-state index is 0.443. The molecule has 0 radical (unpaired) electrons. The summed E-state index contributed by atoms with van der Waals surface area (Å²) in [5, 5.41) is 2.11. The Hall–Kier alpha value is -0.430. The lowest BCUT2D eigenvalue weighted by Crippen LogP contribution is -1.93. The maximum atomic E-state index is 5.36. The molecule has 0 atom stereocenters. The topological polar surface area (TPSA) is 26.0 Å². The van der Waals surface area contributed by atoms with Gasteiger partial charge < -0.3 is 5.73 Å². The quantitative estimate of drug-likeness (QED) is 0.631. The number of rotatable bonds is 5. The first-order valence-electron chi connectivity index (χ1n) is 5.21. The van der Waals surface area contributed by atoms with E-state index in [4.69, 9.17) is 5.73 Å². The summed E-state index contributed by atoms with van der Waals surface area (Å²) in [6.07, 6.45) is 2.58. The van der Waals surface area contributed by atoms with Crippen molar-refractivity contribution in [3.63, 3.8) is 0 Å². The molecule has 0 spiro atoms. The number of hydrogen-bond acceptors (Lipinski definition) is 3. The van der Waals surface area contributed by atoms with Crippen molar-refractivity contribution in [3.05, 3.63) is 21.9 Å². The van der Waals surface area contributed by atoms with Crippen LogP contribution in [0.1, 0.15) is 30.2 Å². The molecule has 3 heteroatoms. The Morgan fingerprint density at radius 1 is 1.53 bits per heavy atom. The maximum Gasteiger partial charge on any atom is 0.0555 e. The van der Waals surface area contributed by atoms with E-state index in [0.29, 0.717) is 6.54 Å². The van der Waals surface area contributed by atoms with E-state index in [2.05, 4.69) is 30.2 Å². The Morgan fingerprint density at radius 2 is 2.40 bits per heavy atom. The van der Waals surface area contributed by atoms with Crippen LogP contribution < -0.4 is 5.73 Å². The molecule has 0 unspecified atom stereocenters. The normalized spacial score (nSPS) is 9.73. The van der Waals surface area contributed by atoms with Crippen LogP contribution in [0, 0.1) is 11.8 Å². The molecule has 2 N–H and O–H groups in total. The zero-order chi connectivity index (χ0) is 10.9. The Bertz CT molecular complexity index is 333. The fourth-order valence-electron chi connectivity index (χ4n) is 1.12. The molecule has 1 nitrogen and oxygen atoms in total. The lowest BCUT2D eigenvalue weighted by atomic mass is 10.3. The van der Waals surface area contributed by atoms with Gasteiger partial charge >= 0.3 is 0 Å². The van der Waals surface area contributed by atoms with Crippen molar-refractivity contribution in [2.75, 3.05) is 12.3 Å². The van der Waals surface area contributed by atoms with Crippen LogP contribution in [-0.4, -0.2) is 12.3 Å².